The minimum absolute atomic E-state index is 0.709. The lowest BCUT2D eigenvalue weighted by Crippen LogP contribution is -2.00. The van der Waals surface area contributed by atoms with E-state index in [9.17, 15) is 0 Å². The highest BCUT2D eigenvalue weighted by Gasteiger charge is 2.26. The van der Waals surface area contributed by atoms with Gasteiger partial charge in [-0.15, -0.1) is 11.3 Å². The van der Waals surface area contributed by atoms with Crippen LogP contribution in [0.4, 0.5) is 0 Å². The number of aryl methyl sites for hydroxylation is 7. The Balaban J connectivity index is 0.000000267. The zero-order valence-corrected chi connectivity index (χ0v) is 39.9. The molecule has 1 heterocycles. The van der Waals surface area contributed by atoms with Crippen LogP contribution in [-0.4, -0.2) is 0 Å². The first kappa shape index (κ1) is 43.9. The molecule has 0 nitrogen and oxygen atoms in total. The molecular formula is C62H64S. The molecule has 2 aliphatic rings. The van der Waals surface area contributed by atoms with Gasteiger partial charge in [-0.3, -0.25) is 0 Å². The summed E-state index contributed by atoms with van der Waals surface area (Å²) in [5.41, 5.74) is 26.7. The van der Waals surface area contributed by atoms with E-state index >= 15 is 0 Å². The van der Waals surface area contributed by atoms with Gasteiger partial charge in [0.2, 0.25) is 0 Å². The Labute approximate surface area is 382 Å². The summed E-state index contributed by atoms with van der Waals surface area (Å²) in [7, 11) is 0. The standard InChI is InChI=1S/C45H42S.C10H14.C7H8/c1-7-12-36-34(33-14-9-8-13-26(33)2)19-17-27(3)43(36)38-24-40-31(21-29(38)5)23-32-22-30(6)39(25-41(32)40)44-28(4)18-20-37-35-15-10-11-16-42(35)46-45(37)44;1-3-9(2)10-7-5-4-6-8-10;1-7-5-3-2-4-6-7/h8-10,13-15,17-22,24-25H,7,11-12,16,23H2,1-6H3;4-9H,3H2,1-2H3;2-6H,1H3. The van der Waals surface area contributed by atoms with Gasteiger partial charge < -0.3 is 0 Å². The van der Waals surface area contributed by atoms with Gasteiger partial charge in [-0.2, -0.15) is 0 Å². The molecule has 0 N–H and O–H groups in total. The topological polar surface area (TPSA) is 0 Å². The largest absolute Gasteiger partial charge is 0.139 e. The first-order valence-corrected chi connectivity index (χ1v) is 24.1. The van der Waals surface area contributed by atoms with Gasteiger partial charge in [0, 0.05) is 20.5 Å². The van der Waals surface area contributed by atoms with E-state index in [0.29, 0.717) is 5.92 Å². The zero-order valence-electron chi connectivity index (χ0n) is 39.1. The van der Waals surface area contributed by atoms with Crippen molar-refractivity contribution in [2.45, 2.75) is 107 Å². The van der Waals surface area contributed by atoms with E-state index in [1.807, 2.05) is 29.5 Å². The van der Waals surface area contributed by atoms with E-state index in [0.717, 1.165) is 32.1 Å². The third-order valence-corrected chi connectivity index (χ3v) is 14.8. The smallest absolute Gasteiger partial charge is 0.0433 e. The molecule has 7 aromatic carbocycles. The van der Waals surface area contributed by atoms with Crippen LogP contribution in [0.15, 0.2) is 140 Å². The van der Waals surface area contributed by atoms with Crippen LogP contribution in [0.3, 0.4) is 0 Å². The van der Waals surface area contributed by atoms with Crippen molar-refractivity contribution in [1.29, 1.82) is 0 Å². The number of fused-ring (bicyclic) bond motifs is 6. The highest BCUT2D eigenvalue weighted by Crippen LogP contribution is 2.48. The van der Waals surface area contributed by atoms with Crippen LogP contribution >= 0.6 is 11.3 Å². The molecule has 0 saturated carbocycles. The molecule has 0 bridgehead atoms. The molecule has 63 heavy (non-hydrogen) atoms. The third-order valence-electron chi connectivity index (χ3n) is 13.5. The second-order valence-electron chi connectivity index (χ2n) is 18.1. The van der Waals surface area contributed by atoms with Crippen molar-refractivity contribution in [3.8, 4) is 44.5 Å². The van der Waals surface area contributed by atoms with E-state index < -0.39 is 0 Å². The van der Waals surface area contributed by atoms with E-state index in [2.05, 4.69) is 190 Å². The lowest BCUT2D eigenvalue weighted by Gasteiger charge is -2.21. The fourth-order valence-electron chi connectivity index (χ4n) is 9.85. The molecule has 0 fully saturated rings. The fourth-order valence-corrected chi connectivity index (χ4v) is 11.3. The van der Waals surface area contributed by atoms with Crippen LogP contribution in [0.5, 0.6) is 0 Å². The Kier molecular flexibility index (Phi) is 13.5. The summed E-state index contributed by atoms with van der Waals surface area (Å²) in [5, 5.41) is 1.42. The van der Waals surface area contributed by atoms with E-state index in [4.69, 9.17) is 0 Å². The Morgan fingerprint density at radius 2 is 1.14 bits per heavy atom. The summed E-state index contributed by atoms with van der Waals surface area (Å²) < 4.78 is 1.45. The van der Waals surface area contributed by atoms with Crippen molar-refractivity contribution in [2.24, 2.45) is 0 Å². The number of hydrogen-bond acceptors (Lipinski definition) is 1. The predicted molar refractivity (Wildman–Crippen MR) is 278 cm³/mol. The summed E-state index contributed by atoms with van der Waals surface area (Å²) in [5.74, 6) is 0.709. The average Bonchev–Trinajstić information content (AvgIpc) is 3.84. The lowest BCUT2D eigenvalue weighted by molar-refractivity contribution is 0.733. The van der Waals surface area contributed by atoms with Crippen molar-refractivity contribution < 1.29 is 0 Å². The van der Waals surface area contributed by atoms with Crippen molar-refractivity contribution in [3.63, 3.8) is 0 Å². The molecule has 0 radical (unpaired) electrons. The minimum Gasteiger partial charge on any atom is -0.139 e. The quantitative estimate of drug-likeness (QED) is 0.150. The maximum absolute atomic E-state index is 2.54. The van der Waals surface area contributed by atoms with E-state index in [-0.39, 0.29) is 0 Å². The molecule has 1 heteroatoms. The lowest BCUT2D eigenvalue weighted by atomic mass is 9.83. The van der Waals surface area contributed by atoms with Crippen molar-refractivity contribution in [1.82, 2.24) is 0 Å². The van der Waals surface area contributed by atoms with Crippen LogP contribution in [-0.2, 0) is 19.3 Å². The van der Waals surface area contributed by atoms with Crippen LogP contribution in [0, 0.1) is 41.5 Å². The Hall–Kier alpha value is -5.76. The Bertz CT molecular complexity index is 2920. The van der Waals surface area contributed by atoms with Gasteiger partial charge in [-0.05, 0) is 186 Å². The number of thiophene rings is 1. The third kappa shape index (κ3) is 9.05. The molecule has 0 amide bonds. The number of hydrogen-bond donors (Lipinski definition) is 0. The normalized spacial score (nSPS) is 12.7. The van der Waals surface area contributed by atoms with Crippen LogP contribution in [0.2, 0.25) is 0 Å². The van der Waals surface area contributed by atoms with Crippen LogP contribution in [0.25, 0.3) is 60.7 Å². The van der Waals surface area contributed by atoms with Gasteiger partial charge in [0.1, 0.15) is 0 Å². The van der Waals surface area contributed by atoms with Gasteiger partial charge in [-0.25, -0.2) is 0 Å². The van der Waals surface area contributed by atoms with Crippen molar-refractivity contribution in [2.75, 3.05) is 0 Å². The number of benzene rings is 7. The molecule has 2 aliphatic carbocycles. The minimum atomic E-state index is 0.709. The van der Waals surface area contributed by atoms with Crippen LogP contribution in [0.1, 0.15) is 112 Å². The first-order chi connectivity index (χ1) is 30.6. The molecule has 1 atom stereocenters. The highest BCUT2D eigenvalue weighted by molar-refractivity contribution is 7.20. The van der Waals surface area contributed by atoms with E-state index in [1.54, 1.807) is 4.88 Å². The van der Waals surface area contributed by atoms with E-state index in [1.165, 1.54) is 122 Å². The molecular weight excluding hydrogens is 777 g/mol. The first-order valence-electron chi connectivity index (χ1n) is 23.3. The molecule has 10 rings (SSSR count). The molecule has 8 aromatic rings. The summed E-state index contributed by atoms with van der Waals surface area (Å²) in [4.78, 5) is 1.54. The molecule has 0 aliphatic heterocycles. The summed E-state index contributed by atoms with van der Waals surface area (Å²) >= 11 is 2.02. The Morgan fingerprint density at radius 1 is 0.540 bits per heavy atom. The van der Waals surface area contributed by atoms with Gasteiger partial charge >= 0.3 is 0 Å². The highest BCUT2D eigenvalue weighted by atomic mass is 32.1. The molecule has 318 valence electrons. The summed E-state index contributed by atoms with van der Waals surface area (Å²) in [6.45, 7) is 20.4. The van der Waals surface area contributed by atoms with Crippen molar-refractivity contribution >= 4 is 27.5 Å². The second kappa shape index (κ2) is 19.3. The monoisotopic (exact) mass is 840 g/mol. The molecule has 1 aromatic heterocycles. The maximum Gasteiger partial charge on any atom is 0.0433 e. The number of rotatable bonds is 7. The van der Waals surface area contributed by atoms with Crippen molar-refractivity contribution in [3.05, 3.63) is 206 Å². The second-order valence-corrected chi connectivity index (χ2v) is 19.2. The molecule has 0 spiro atoms. The SMILES string of the molecule is CCC(C)c1ccccc1.CCCc1c(-c2ccccc2C)ccc(C)c1-c1cc2c(cc1C)Cc1cc(C)c(-c3c(C)ccc4c5c(sc34)CCC=C5)cc1-2.Cc1ccccc1. The predicted octanol–water partition coefficient (Wildman–Crippen LogP) is 18.1. The van der Waals surface area contributed by atoms with Gasteiger partial charge in [0.25, 0.3) is 0 Å². The zero-order chi connectivity index (χ0) is 44.2. The number of allylic oxidation sites excluding steroid dienone is 1. The molecule has 1 unspecified atom stereocenters. The van der Waals surface area contributed by atoms with Gasteiger partial charge in [0.05, 0.1) is 0 Å². The maximum atomic E-state index is 2.54. The summed E-state index contributed by atoms with van der Waals surface area (Å²) in [6.07, 6.45) is 11.4. The Morgan fingerprint density at radius 3 is 1.76 bits per heavy atom. The summed E-state index contributed by atoms with van der Waals surface area (Å²) in [6, 6.07) is 49.2. The average molecular weight is 841 g/mol. The molecule has 0 saturated heterocycles. The fraction of sp³-hybridized carbons (Fsp3) is 0.258. The van der Waals surface area contributed by atoms with Crippen LogP contribution < -0.4 is 0 Å². The van der Waals surface area contributed by atoms with Gasteiger partial charge in [-0.1, -0.05) is 166 Å². The van der Waals surface area contributed by atoms with Gasteiger partial charge in [0.15, 0.2) is 0 Å².